The molecule has 1 radical (unpaired) electrons. The molecule has 1 aliphatic heterocycles. The first-order valence-corrected chi connectivity index (χ1v) is 3.20. The van der Waals surface area contributed by atoms with E-state index >= 15 is 0 Å². The van der Waals surface area contributed by atoms with E-state index in [1.54, 1.807) is 0 Å². The molecule has 0 aromatic heterocycles. The van der Waals surface area contributed by atoms with Crippen molar-refractivity contribution in [3.05, 3.63) is 11.5 Å². The fourth-order valence-corrected chi connectivity index (χ4v) is 0.823. The third-order valence-electron chi connectivity index (χ3n) is 1.48. The van der Waals surface area contributed by atoms with E-state index in [-0.39, 0.29) is 29.6 Å². The number of hydrogen-bond acceptors (Lipinski definition) is 6. The van der Waals surface area contributed by atoms with Gasteiger partial charge in [0.25, 0.3) is 0 Å². The molecule has 2 atom stereocenters. The molecule has 69 valence electrons. The maximum absolute atomic E-state index is 10.5. The number of ether oxygens (including phenoxy) is 1. The van der Waals surface area contributed by atoms with Gasteiger partial charge in [0.15, 0.2) is 11.9 Å². The van der Waals surface area contributed by atoms with Crippen molar-refractivity contribution in [2.24, 2.45) is 0 Å². The zero-order valence-electron chi connectivity index (χ0n) is 6.97. The molecule has 4 N–H and O–H groups in total. The van der Waals surface area contributed by atoms with E-state index in [1.807, 2.05) is 0 Å². The van der Waals surface area contributed by atoms with E-state index in [1.165, 1.54) is 0 Å². The number of aliphatic hydroxyl groups excluding tert-OH is 4. The second kappa shape index (κ2) is 4.83. The SMILES string of the molecule is O=C1O[C@@H]([C@H](O)CO)C(O)=C1O.[Na]. The molecule has 0 amide bonds. The fourth-order valence-electron chi connectivity index (χ4n) is 0.823. The van der Waals surface area contributed by atoms with Crippen LogP contribution in [0.25, 0.3) is 0 Å². The number of carbonyl (C=O) groups is 1. The molecule has 0 spiro atoms. The molecule has 1 heterocycles. The van der Waals surface area contributed by atoms with Gasteiger partial charge < -0.3 is 25.2 Å². The minimum absolute atomic E-state index is 0. The van der Waals surface area contributed by atoms with E-state index in [9.17, 15) is 4.79 Å². The molecule has 0 aromatic rings. The van der Waals surface area contributed by atoms with Gasteiger partial charge in [-0.1, -0.05) is 0 Å². The first-order valence-electron chi connectivity index (χ1n) is 3.20. The predicted molar refractivity (Wildman–Crippen MR) is 41.0 cm³/mol. The zero-order chi connectivity index (χ0) is 9.30. The standard InChI is InChI=1S/C6H8O6.Na/c7-1-2(8)5-3(9)4(10)6(11)12-5;/h2,5,7-10H,1H2;/t2-,5+;/m1./s1. The number of carbonyl (C=O) groups excluding carboxylic acids is 1. The third kappa shape index (κ3) is 2.35. The van der Waals surface area contributed by atoms with Crippen LogP contribution in [0.4, 0.5) is 0 Å². The summed E-state index contributed by atoms with van der Waals surface area (Å²) in [6.07, 6.45) is -2.78. The molecule has 13 heavy (non-hydrogen) atoms. The van der Waals surface area contributed by atoms with Gasteiger partial charge in [-0.25, -0.2) is 4.79 Å². The first kappa shape index (κ1) is 12.7. The van der Waals surface area contributed by atoms with Crippen LogP contribution in [-0.2, 0) is 9.53 Å². The second-order valence-corrected chi connectivity index (χ2v) is 2.31. The van der Waals surface area contributed by atoms with Crippen molar-refractivity contribution >= 4 is 35.5 Å². The minimum atomic E-state index is -1.42. The van der Waals surface area contributed by atoms with Gasteiger partial charge in [-0.05, 0) is 0 Å². The molecule has 1 aliphatic rings. The van der Waals surface area contributed by atoms with Gasteiger partial charge in [0.2, 0.25) is 5.76 Å². The summed E-state index contributed by atoms with van der Waals surface area (Å²) < 4.78 is 4.32. The largest absolute Gasteiger partial charge is 0.505 e. The van der Waals surface area contributed by atoms with Crippen LogP contribution in [0.15, 0.2) is 11.5 Å². The summed E-state index contributed by atoms with van der Waals surface area (Å²) in [4.78, 5) is 10.5. The number of rotatable bonds is 2. The summed E-state index contributed by atoms with van der Waals surface area (Å²) in [7, 11) is 0. The van der Waals surface area contributed by atoms with E-state index in [0.717, 1.165) is 0 Å². The Morgan fingerprint density at radius 3 is 2.31 bits per heavy atom. The smallest absolute Gasteiger partial charge is 0.377 e. The molecule has 6 nitrogen and oxygen atoms in total. The average molecular weight is 199 g/mol. The Morgan fingerprint density at radius 2 is 2.00 bits per heavy atom. The molecule has 0 aromatic carbocycles. The molecular weight excluding hydrogens is 191 g/mol. The molecule has 1 rings (SSSR count). The Kier molecular flexibility index (Phi) is 4.72. The van der Waals surface area contributed by atoms with Crippen molar-refractivity contribution in [3.8, 4) is 0 Å². The second-order valence-electron chi connectivity index (χ2n) is 2.31. The Morgan fingerprint density at radius 1 is 1.46 bits per heavy atom. The van der Waals surface area contributed by atoms with Crippen LogP contribution in [0, 0.1) is 0 Å². The van der Waals surface area contributed by atoms with Crippen LogP contribution in [0.5, 0.6) is 0 Å². The predicted octanol–water partition coefficient (Wildman–Crippen LogP) is -1.79. The molecule has 0 aliphatic carbocycles. The van der Waals surface area contributed by atoms with E-state index in [0.29, 0.717) is 0 Å². The Hall–Kier alpha value is -0.270. The Bertz CT molecular complexity index is 237. The number of cyclic esters (lactones) is 1. The van der Waals surface area contributed by atoms with Gasteiger partial charge in [0.05, 0.1) is 6.61 Å². The maximum atomic E-state index is 10.5. The van der Waals surface area contributed by atoms with Crippen LogP contribution in [0.1, 0.15) is 0 Å². The molecule has 0 fully saturated rings. The van der Waals surface area contributed by atoms with Crippen molar-refractivity contribution in [1.82, 2.24) is 0 Å². The Balaban J connectivity index is 0.00000144. The summed E-state index contributed by atoms with van der Waals surface area (Å²) in [6.45, 7) is -0.671. The van der Waals surface area contributed by atoms with Crippen LogP contribution in [0.3, 0.4) is 0 Å². The van der Waals surface area contributed by atoms with Crippen molar-refractivity contribution in [3.63, 3.8) is 0 Å². The minimum Gasteiger partial charge on any atom is -0.505 e. The third-order valence-corrected chi connectivity index (χ3v) is 1.48. The summed E-state index contributed by atoms with van der Waals surface area (Å²) in [5.74, 6) is -2.78. The first-order chi connectivity index (χ1) is 5.57. The van der Waals surface area contributed by atoms with Crippen LogP contribution in [-0.4, -0.2) is 74.8 Å². The molecule has 0 saturated heterocycles. The fraction of sp³-hybridized carbons (Fsp3) is 0.500. The van der Waals surface area contributed by atoms with Gasteiger partial charge in [0, 0.05) is 29.6 Å². The van der Waals surface area contributed by atoms with Crippen molar-refractivity contribution in [1.29, 1.82) is 0 Å². The monoisotopic (exact) mass is 199 g/mol. The van der Waals surface area contributed by atoms with Gasteiger partial charge in [-0.15, -0.1) is 0 Å². The van der Waals surface area contributed by atoms with Gasteiger partial charge in [0.1, 0.15) is 6.10 Å². The van der Waals surface area contributed by atoms with Crippen molar-refractivity contribution in [2.75, 3.05) is 6.61 Å². The number of hydrogen-bond donors (Lipinski definition) is 4. The molecule has 7 heteroatoms. The Labute approximate surface area is 95.7 Å². The van der Waals surface area contributed by atoms with Gasteiger partial charge in [-0.3, -0.25) is 0 Å². The van der Waals surface area contributed by atoms with Crippen LogP contribution in [0.2, 0.25) is 0 Å². The molecule has 0 unspecified atom stereocenters. The molecular formula is C6H8NaO6. The van der Waals surface area contributed by atoms with E-state index in [4.69, 9.17) is 20.4 Å². The summed E-state index contributed by atoms with van der Waals surface area (Å²) in [5.41, 5.74) is 0. The topological polar surface area (TPSA) is 107 Å². The summed E-state index contributed by atoms with van der Waals surface area (Å²) in [6, 6.07) is 0. The summed E-state index contributed by atoms with van der Waals surface area (Å²) in [5, 5.41) is 35.0. The zero-order valence-corrected chi connectivity index (χ0v) is 8.97. The summed E-state index contributed by atoms with van der Waals surface area (Å²) >= 11 is 0. The van der Waals surface area contributed by atoms with Gasteiger partial charge >= 0.3 is 5.97 Å². The normalized spacial score (nSPS) is 23.8. The maximum Gasteiger partial charge on any atom is 0.377 e. The van der Waals surface area contributed by atoms with Crippen LogP contribution < -0.4 is 0 Å². The van der Waals surface area contributed by atoms with E-state index in [2.05, 4.69) is 4.74 Å². The molecule has 0 saturated carbocycles. The quantitative estimate of drug-likeness (QED) is 0.309. The van der Waals surface area contributed by atoms with Crippen molar-refractivity contribution in [2.45, 2.75) is 12.2 Å². The average Bonchev–Trinajstić information content (AvgIpc) is 2.32. The van der Waals surface area contributed by atoms with Gasteiger partial charge in [-0.2, -0.15) is 0 Å². The van der Waals surface area contributed by atoms with Crippen molar-refractivity contribution < 1.29 is 30.0 Å². The number of aliphatic hydroxyl groups is 4. The molecule has 0 bridgehead atoms. The number of esters is 1. The van der Waals surface area contributed by atoms with Crippen LogP contribution >= 0.6 is 0 Å². The van der Waals surface area contributed by atoms with E-state index < -0.39 is 36.3 Å².